The maximum atomic E-state index is 12.8. The average Bonchev–Trinajstić information content (AvgIpc) is 3.07. The van der Waals surface area contributed by atoms with Crippen molar-refractivity contribution in [1.29, 1.82) is 0 Å². The van der Waals surface area contributed by atoms with E-state index in [0.29, 0.717) is 38.0 Å². The Balaban J connectivity index is 1.75. The van der Waals surface area contributed by atoms with Crippen LogP contribution in [0.1, 0.15) is 41.0 Å². The van der Waals surface area contributed by atoms with E-state index in [-0.39, 0.29) is 23.1 Å². The monoisotopic (exact) mass is 347 g/mol. The molecule has 2 aromatic rings. The van der Waals surface area contributed by atoms with E-state index in [4.69, 9.17) is 9.26 Å². The van der Waals surface area contributed by atoms with Crippen LogP contribution in [0.2, 0.25) is 0 Å². The molecule has 0 radical (unpaired) electrons. The SMILES string of the molecule is COCCn1nc(C(=O)N2CCCC(c3nc(C)no3)C2)ccc1=O. The van der Waals surface area contributed by atoms with Gasteiger partial charge in [0.15, 0.2) is 5.82 Å². The molecule has 2 aromatic heterocycles. The maximum Gasteiger partial charge on any atom is 0.274 e. The van der Waals surface area contributed by atoms with Crippen molar-refractivity contribution in [3.63, 3.8) is 0 Å². The number of hydrogen-bond acceptors (Lipinski definition) is 7. The summed E-state index contributed by atoms with van der Waals surface area (Å²) in [6.07, 6.45) is 1.74. The largest absolute Gasteiger partial charge is 0.383 e. The molecule has 1 aliphatic heterocycles. The van der Waals surface area contributed by atoms with Gasteiger partial charge in [0, 0.05) is 26.3 Å². The van der Waals surface area contributed by atoms with Gasteiger partial charge < -0.3 is 14.2 Å². The van der Waals surface area contributed by atoms with Crippen molar-refractivity contribution in [2.45, 2.75) is 32.2 Å². The fourth-order valence-corrected chi connectivity index (χ4v) is 2.91. The number of carbonyl (C=O) groups excluding carboxylic acids is 1. The molecule has 0 saturated carbocycles. The highest BCUT2D eigenvalue weighted by Gasteiger charge is 2.29. The van der Waals surface area contributed by atoms with Crippen LogP contribution < -0.4 is 5.56 Å². The van der Waals surface area contributed by atoms with Crippen molar-refractivity contribution >= 4 is 5.91 Å². The molecule has 0 aromatic carbocycles. The highest BCUT2D eigenvalue weighted by molar-refractivity contribution is 5.92. The zero-order valence-electron chi connectivity index (χ0n) is 14.3. The Bertz CT molecular complexity index is 800. The van der Waals surface area contributed by atoms with Crippen LogP contribution in [0.3, 0.4) is 0 Å². The Morgan fingerprint density at radius 2 is 2.28 bits per heavy atom. The summed E-state index contributed by atoms with van der Waals surface area (Å²) < 4.78 is 11.5. The Morgan fingerprint density at radius 1 is 1.44 bits per heavy atom. The van der Waals surface area contributed by atoms with Crippen LogP contribution in [0.5, 0.6) is 0 Å². The van der Waals surface area contributed by atoms with Gasteiger partial charge in [-0.15, -0.1) is 0 Å². The first-order valence-electron chi connectivity index (χ1n) is 8.25. The number of aryl methyl sites for hydroxylation is 1. The number of aromatic nitrogens is 4. The predicted molar refractivity (Wildman–Crippen MR) is 87.3 cm³/mol. The molecular weight excluding hydrogens is 326 g/mol. The number of amides is 1. The summed E-state index contributed by atoms with van der Waals surface area (Å²) >= 11 is 0. The minimum atomic E-state index is -0.258. The number of hydrogen-bond donors (Lipinski definition) is 0. The van der Waals surface area contributed by atoms with Crippen molar-refractivity contribution < 1.29 is 14.1 Å². The van der Waals surface area contributed by atoms with Crippen LogP contribution in [0.15, 0.2) is 21.5 Å². The zero-order valence-corrected chi connectivity index (χ0v) is 14.3. The lowest BCUT2D eigenvalue weighted by atomic mass is 9.97. The lowest BCUT2D eigenvalue weighted by molar-refractivity contribution is 0.0686. The third-order valence-electron chi connectivity index (χ3n) is 4.19. The molecule has 3 rings (SSSR count). The van der Waals surface area contributed by atoms with E-state index in [2.05, 4.69) is 15.2 Å². The molecule has 1 fully saturated rings. The smallest absolute Gasteiger partial charge is 0.274 e. The van der Waals surface area contributed by atoms with E-state index in [9.17, 15) is 9.59 Å². The van der Waals surface area contributed by atoms with E-state index in [1.54, 1.807) is 18.9 Å². The van der Waals surface area contributed by atoms with Crippen LogP contribution in [0.4, 0.5) is 0 Å². The topological polar surface area (TPSA) is 103 Å². The number of nitrogens with zero attached hydrogens (tertiary/aromatic N) is 5. The Kier molecular flexibility index (Phi) is 5.22. The lowest BCUT2D eigenvalue weighted by Crippen LogP contribution is -2.40. The molecule has 25 heavy (non-hydrogen) atoms. The summed E-state index contributed by atoms with van der Waals surface area (Å²) in [4.78, 5) is 30.6. The second kappa shape index (κ2) is 7.56. The quantitative estimate of drug-likeness (QED) is 0.780. The molecule has 0 aliphatic carbocycles. The third kappa shape index (κ3) is 3.93. The second-order valence-electron chi connectivity index (χ2n) is 6.04. The highest BCUT2D eigenvalue weighted by atomic mass is 16.5. The minimum Gasteiger partial charge on any atom is -0.383 e. The summed E-state index contributed by atoms with van der Waals surface area (Å²) in [5.74, 6) is 0.976. The number of carbonyl (C=O) groups is 1. The Labute approximate surface area is 144 Å². The fourth-order valence-electron chi connectivity index (χ4n) is 2.91. The molecule has 0 N–H and O–H groups in total. The van der Waals surface area contributed by atoms with Crippen LogP contribution in [0, 0.1) is 6.92 Å². The third-order valence-corrected chi connectivity index (χ3v) is 4.19. The standard InChI is InChI=1S/C16H21N5O4/c1-11-17-15(25-19-11)12-4-3-7-20(10-12)16(23)13-5-6-14(22)21(18-13)8-9-24-2/h5-6,12H,3-4,7-10H2,1-2H3. The van der Waals surface area contributed by atoms with E-state index < -0.39 is 0 Å². The first kappa shape index (κ1) is 17.3. The maximum absolute atomic E-state index is 12.8. The summed E-state index contributed by atoms with van der Waals surface area (Å²) in [7, 11) is 1.55. The first-order valence-corrected chi connectivity index (χ1v) is 8.25. The summed E-state index contributed by atoms with van der Waals surface area (Å²) in [5, 5.41) is 7.99. The van der Waals surface area contributed by atoms with E-state index >= 15 is 0 Å². The summed E-state index contributed by atoms with van der Waals surface area (Å²) in [5.41, 5.74) is -0.00971. The van der Waals surface area contributed by atoms with E-state index in [1.165, 1.54) is 16.8 Å². The molecule has 134 valence electrons. The fraction of sp³-hybridized carbons (Fsp3) is 0.562. The van der Waals surface area contributed by atoms with E-state index in [0.717, 1.165) is 12.8 Å². The van der Waals surface area contributed by atoms with Crippen molar-refractivity contribution in [2.75, 3.05) is 26.8 Å². The number of rotatable bonds is 5. The number of piperidine rings is 1. The summed E-state index contributed by atoms with van der Waals surface area (Å²) in [6.45, 7) is 3.57. The average molecular weight is 347 g/mol. The molecule has 3 heterocycles. The second-order valence-corrected chi connectivity index (χ2v) is 6.04. The number of methoxy groups -OCH3 is 1. The molecule has 1 unspecified atom stereocenters. The highest BCUT2D eigenvalue weighted by Crippen LogP contribution is 2.26. The van der Waals surface area contributed by atoms with Gasteiger partial charge in [-0.25, -0.2) is 4.68 Å². The molecule has 0 bridgehead atoms. The minimum absolute atomic E-state index is 0.0262. The van der Waals surface area contributed by atoms with Crippen molar-refractivity contribution in [2.24, 2.45) is 0 Å². The van der Waals surface area contributed by atoms with Gasteiger partial charge in [-0.2, -0.15) is 10.1 Å². The number of likely N-dealkylation sites (tertiary alicyclic amines) is 1. The van der Waals surface area contributed by atoms with Gasteiger partial charge in [0.2, 0.25) is 5.89 Å². The van der Waals surface area contributed by atoms with Crippen LogP contribution in [-0.4, -0.2) is 57.5 Å². The zero-order chi connectivity index (χ0) is 17.8. The van der Waals surface area contributed by atoms with Crippen LogP contribution in [-0.2, 0) is 11.3 Å². The van der Waals surface area contributed by atoms with E-state index in [1.807, 2.05) is 0 Å². The van der Waals surface area contributed by atoms with Gasteiger partial charge >= 0.3 is 0 Å². The molecule has 9 heteroatoms. The predicted octanol–water partition coefficient (Wildman–Crippen LogP) is 0.601. The van der Waals surface area contributed by atoms with Gasteiger partial charge in [-0.05, 0) is 25.8 Å². The molecular formula is C16H21N5O4. The van der Waals surface area contributed by atoms with Crippen molar-refractivity contribution in [1.82, 2.24) is 24.8 Å². The normalized spacial score (nSPS) is 17.7. The molecule has 9 nitrogen and oxygen atoms in total. The van der Waals surface area contributed by atoms with Gasteiger partial charge in [-0.1, -0.05) is 5.16 Å². The Hall–Kier alpha value is -2.55. The number of ether oxygens (including phenoxy) is 1. The van der Waals surface area contributed by atoms with Gasteiger partial charge in [0.25, 0.3) is 11.5 Å². The molecule has 1 amide bonds. The Morgan fingerprint density at radius 3 is 3.00 bits per heavy atom. The first-order chi connectivity index (χ1) is 12.1. The summed E-state index contributed by atoms with van der Waals surface area (Å²) in [6, 6.07) is 2.83. The van der Waals surface area contributed by atoms with Gasteiger partial charge in [0.1, 0.15) is 5.69 Å². The van der Waals surface area contributed by atoms with Crippen LogP contribution in [0.25, 0.3) is 0 Å². The van der Waals surface area contributed by atoms with Crippen LogP contribution >= 0.6 is 0 Å². The van der Waals surface area contributed by atoms with Crippen molar-refractivity contribution in [3.8, 4) is 0 Å². The molecule has 0 spiro atoms. The molecule has 1 atom stereocenters. The molecule has 1 saturated heterocycles. The van der Waals surface area contributed by atoms with Gasteiger partial charge in [0.05, 0.1) is 19.1 Å². The van der Waals surface area contributed by atoms with Crippen molar-refractivity contribution in [3.05, 3.63) is 39.9 Å². The molecule has 1 aliphatic rings. The lowest BCUT2D eigenvalue weighted by Gasteiger charge is -2.30. The van der Waals surface area contributed by atoms with Gasteiger partial charge in [-0.3, -0.25) is 9.59 Å².